The molecule has 1 fully saturated rings. The van der Waals surface area contributed by atoms with Crippen LogP contribution in [0.2, 0.25) is 0 Å². The first-order valence-corrected chi connectivity index (χ1v) is 9.87. The summed E-state index contributed by atoms with van der Waals surface area (Å²) in [5, 5.41) is 6.48. The van der Waals surface area contributed by atoms with Crippen LogP contribution < -0.4 is 20.1 Å². The number of likely N-dealkylation sites (tertiary alicyclic amines) is 1. The Morgan fingerprint density at radius 3 is 2.82 bits per heavy atom. The van der Waals surface area contributed by atoms with E-state index >= 15 is 0 Å². The molecule has 0 spiro atoms. The Labute approximate surface area is 165 Å². The predicted molar refractivity (Wildman–Crippen MR) is 107 cm³/mol. The lowest BCUT2D eigenvalue weighted by Crippen LogP contribution is -2.49. The summed E-state index contributed by atoms with van der Waals surface area (Å²) in [4.78, 5) is 15.5. The minimum atomic E-state index is -0.286. The number of carbonyl (C=O) groups excluding carboxylic acids is 1. The number of ether oxygens (including phenoxy) is 2. The fraction of sp³-hybridized carbons (Fsp3) is 0.409. The molecule has 2 heterocycles. The van der Waals surface area contributed by atoms with Gasteiger partial charge in [0.2, 0.25) is 12.7 Å². The third-order valence-corrected chi connectivity index (χ3v) is 5.49. The highest BCUT2D eigenvalue weighted by Gasteiger charge is 2.31. The molecule has 2 aliphatic rings. The molecule has 2 aliphatic heterocycles. The zero-order valence-electron chi connectivity index (χ0n) is 16.2. The number of nitrogens with one attached hydrogen (secondary N) is 2. The van der Waals surface area contributed by atoms with E-state index in [4.69, 9.17) is 9.47 Å². The van der Waals surface area contributed by atoms with Gasteiger partial charge in [-0.1, -0.05) is 36.4 Å². The maximum atomic E-state index is 13.2. The van der Waals surface area contributed by atoms with Gasteiger partial charge in [0.25, 0.3) is 0 Å². The highest BCUT2D eigenvalue weighted by molar-refractivity contribution is 5.83. The third kappa shape index (κ3) is 4.13. The first-order chi connectivity index (χ1) is 13.7. The van der Waals surface area contributed by atoms with E-state index in [0.717, 1.165) is 48.6 Å². The predicted octanol–water partition coefficient (Wildman–Crippen LogP) is 2.46. The zero-order valence-corrected chi connectivity index (χ0v) is 16.2. The van der Waals surface area contributed by atoms with Crippen LogP contribution in [0.1, 0.15) is 30.0 Å². The Kier molecular flexibility index (Phi) is 5.78. The molecule has 0 saturated carbocycles. The number of amides is 1. The molecule has 28 heavy (non-hydrogen) atoms. The van der Waals surface area contributed by atoms with Crippen molar-refractivity contribution in [1.29, 1.82) is 0 Å². The van der Waals surface area contributed by atoms with Crippen molar-refractivity contribution in [3.8, 4) is 11.5 Å². The van der Waals surface area contributed by atoms with E-state index in [0.29, 0.717) is 12.6 Å². The summed E-state index contributed by atoms with van der Waals surface area (Å²) in [6, 6.07) is 16.0. The van der Waals surface area contributed by atoms with Gasteiger partial charge < -0.3 is 20.1 Å². The lowest BCUT2D eigenvalue weighted by molar-refractivity contribution is -0.127. The van der Waals surface area contributed by atoms with Gasteiger partial charge in [-0.2, -0.15) is 0 Å². The van der Waals surface area contributed by atoms with E-state index in [9.17, 15) is 4.79 Å². The Balaban J connectivity index is 1.48. The van der Waals surface area contributed by atoms with Gasteiger partial charge in [0.15, 0.2) is 11.5 Å². The molecule has 1 saturated heterocycles. The van der Waals surface area contributed by atoms with Crippen molar-refractivity contribution >= 4 is 5.91 Å². The number of nitrogens with zero attached hydrogens (tertiary/aromatic N) is 1. The van der Waals surface area contributed by atoms with Crippen molar-refractivity contribution in [1.82, 2.24) is 15.5 Å². The van der Waals surface area contributed by atoms with Crippen LogP contribution in [0.25, 0.3) is 0 Å². The molecular formula is C22H27N3O3. The Hall–Kier alpha value is -2.57. The van der Waals surface area contributed by atoms with Crippen LogP contribution >= 0.6 is 0 Å². The Bertz CT molecular complexity index is 812. The molecule has 0 bridgehead atoms. The first-order valence-electron chi connectivity index (χ1n) is 9.87. The second-order valence-corrected chi connectivity index (χ2v) is 7.34. The maximum Gasteiger partial charge on any atom is 0.242 e. The average Bonchev–Trinajstić information content (AvgIpc) is 3.21. The van der Waals surface area contributed by atoms with Crippen LogP contribution in [0.3, 0.4) is 0 Å². The van der Waals surface area contributed by atoms with E-state index in [1.807, 2.05) is 55.6 Å². The van der Waals surface area contributed by atoms with Gasteiger partial charge in [-0.3, -0.25) is 9.69 Å². The molecule has 0 radical (unpaired) electrons. The van der Waals surface area contributed by atoms with Crippen molar-refractivity contribution in [2.24, 2.45) is 0 Å². The Morgan fingerprint density at radius 1 is 1.18 bits per heavy atom. The van der Waals surface area contributed by atoms with E-state index in [1.54, 1.807) is 0 Å². The summed E-state index contributed by atoms with van der Waals surface area (Å²) in [5.41, 5.74) is 2.03. The quantitative estimate of drug-likeness (QED) is 0.805. The molecule has 6 nitrogen and oxygen atoms in total. The molecule has 4 rings (SSSR count). The fourth-order valence-electron chi connectivity index (χ4n) is 3.98. The van der Waals surface area contributed by atoms with Crippen LogP contribution in [0.4, 0.5) is 0 Å². The number of benzene rings is 2. The molecule has 1 amide bonds. The third-order valence-electron chi connectivity index (χ3n) is 5.49. The number of rotatable bonds is 6. The molecule has 2 atom stereocenters. The smallest absolute Gasteiger partial charge is 0.242 e. The number of hydrogen-bond donors (Lipinski definition) is 2. The minimum Gasteiger partial charge on any atom is -0.454 e. The zero-order chi connectivity index (χ0) is 19.3. The second kappa shape index (κ2) is 8.63. The van der Waals surface area contributed by atoms with Crippen LogP contribution in [-0.4, -0.2) is 43.8 Å². The molecule has 2 N–H and O–H groups in total. The lowest BCUT2D eigenvalue weighted by atomic mass is 9.98. The summed E-state index contributed by atoms with van der Waals surface area (Å²) >= 11 is 0. The topological polar surface area (TPSA) is 62.8 Å². The average molecular weight is 381 g/mol. The lowest BCUT2D eigenvalue weighted by Gasteiger charge is -2.37. The van der Waals surface area contributed by atoms with E-state index in [-0.39, 0.29) is 18.7 Å². The van der Waals surface area contributed by atoms with Gasteiger partial charge >= 0.3 is 0 Å². The molecule has 2 aromatic rings. The van der Waals surface area contributed by atoms with Crippen LogP contribution in [0.15, 0.2) is 48.5 Å². The summed E-state index contributed by atoms with van der Waals surface area (Å²) < 4.78 is 10.8. The van der Waals surface area contributed by atoms with Crippen molar-refractivity contribution in [2.45, 2.75) is 31.5 Å². The normalized spacial score (nSPS) is 20.0. The van der Waals surface area contributed by atoms with Gasteiger partial charge in [-0.25, -0.2) is 0 Å². The van der Waals surface area contributed by atoms with E-state index in [2.05, 4.69) is 15.5 Å². The summed E-state index contributed by atoms with van der Waals surface area (Å²) in [6.45, 7) is 2.51. The largest absolute Gasteiger partial charge is 0.454 e. The van der Waals surface area contributed by atoms with Gasteiger partial charge in [0.05, 0.1) is 0 Å². The summed E-state index contributed by atoms with van der Waals surface area (Å²) in [7, 11) is 1.99. The standard InChI is InChI=1S/C22H27N3O3/c1-23-18-8-5-11-25(14-18)21(17-6-3-2-4-7-17)22(26)24-13-16-9-10-19-20(12-16)28-15-27-19/h2-4,6-7,9-10,12,18,21,23H,5,8,11,13-15H2,1H3,(H,24,26). The van der Waals surface area contributed by atoms with Crippen molar-refractivity contribution in [3.05, 3.63) is 59.7 Å². The molecule has 2 aromatic carbocycles. The summed E-state index contributed by atoms with van der Waals surface area (Å²) in [5.74, 6) is 1.52. The van der Waals surface area contributed by atoms with Crippen LogP contribution in [0.5, 0.6) is 11.5 Å². The molecule has 2 unspecified atom stereocenters. The van der Waals surface area contributed by atoms with Gasteiger partial charge in [0, 0.05) is 19.1 Å². The van der Waals surface area contributed by atoms with Crippen molar-refractivity contribution in [3.63, 3.8) is 0 Å². The highest BCUT2D eigenvalue weighted by Crippen LogP contribution is 2.32. The maximum absolute atomic E-state index is 13.2. The second-order valence-electron chi connectivity index (χ2n) is 7.34. The van der Waals surface area contributed by atoms with Gasteiger partial charge in [0.1, 0.15) is 6.04 Å². The number of carbonyl (C=O) groups is 1. The molecular weight excluding hydrogens is 354 g/mol. The van der Waals surface area contributed by atoms with Gasteiger partial charge in [-0.05, 0) is 49.7 Å². The molecule has 0 aromatic heterocycles. The Morgan fingerprint density at radius 2 is 2.00 bits per heavy atom. The monoisotopic (exact) mass is 381 g/mol. The highest BCUT2D eigenvalue weighted by atomic mass is 16.7. The fourth-order valence-corrected chi connectivity index (χ4v) is 3.98. The number of fused-ring (bicyclic) bond motifs is 1. The molecule has 0 aliphatic carbocycles. The van der Waals surface area contributed by atoms with Crippen LogP contribution in [-0.2, 0) is 11.3 Å². The molecule has 6 heteroatoms. The van der Waals surface area contributed by atoms with Crippen molar-refractivity contribution < 1.29 is 14.3 Å². The first kappa shape index (κ1) is 18.8. The van der Waals surface area contributed by atoms with E-state index in [1.165, 1.54) is 0 Å². The van der Waals surface area contributed by atoms with E-state index < -0.39 is 0 Å². The number of hydrogen-bond acceptors (Lipinski definition) is 5. The SMILES string of the molecule is CNC1CCCN(C(C(=O)NCc2ccc3c(c2)OCO3)c2ccccc2)C1. The number of piperidine rings is 1. The molecule has 148 valence electrons. The van der Waals surface area contributed by atoms with Crippen LogP contribution in [0, 0.1) is 0 Å². The van der Waals surface area contributed by atoms with Crippen molar-refractivity contribution in [2.75, 3.05) is 26.9 Å². The van der Waals surface area contributed by atoms with Gasteiger partial charge in [-0.15, -0.1) is 0 Å². The number of likely N-dealkylation sites (N-methyl/N-ethyl adjacent to an activating group) is 1. The minimum absolute atomic E-state index is 0.0284. The summed E-state index contributed by atoms with van der Waals surface area (Å²) in [6.07, 6.45) is 2.23.